The molecule has 0 amide bonds. The third-order valence-electron chi connectivity index (χ3n) is 0.939. The van der Waals surface area contributed by atoms with Crippen LogP contribution >= 0.6 is 7.57 Å². The van der Waals surface area contributed by atoms with E-state index in [1.54, 1.807) is 6.66 Å². The van der Waals surface area contributed by atoms with E-state index in [1.165, 1.54) is 0 Å². The summed E-state index contributed by atoms with van der Waals surface area (Å²) in [6.07, 6.45) is 1.85. The van der Waals surface area contributed by atoms with Gasteiger partial charge in [-0.25, -0.2) is 0 Å². The quantitative estimate of drug-likeness (QED) is 0.396. The summed E-state index contributed by atoms with van der Waals surface area (Å²) in [4.78, 5) is 0. The van der Waals surface area contributed by atoms with Gasteiger partial charge in [0.25, 0.3) is 0 Å². The van der Waals surface area contributed by atoms with Crippen LogP contribution in [0.4, 0.5) is 4.20 Å². The average Bonchev–Trinajstić information content (AvgIpc) is 1.76. The minimum absolute atomic E-state index is 0.924. The molecule has 1 aliphatic rings. The van der Waals surface area contributed by atoms with Crippen molar-refractivity contribution < 1.29 is 4.20 Å². The molecule has 1 fully saturated rings. The molecule has 0 unspecified atom stereocenters. The first kappa shape index (κ1) is 3.55. The molecule has 2 heteroatoms. The van der Waals surface area contributed by atoms with Crippen molar-refractivity contribution in [3.8, 4) is 0 Å². The van der Waals surface area contributed by atoms with Gasteiger partial charge in [0.2, 0.25) is 0 Å². The van der Waals surface area contributed by atoms with Gasteiger partial charge in [-0.2, -0.15) is 0 Å². The second-order valence-corrected chi connectivity index (χ2v) is 5.74. The minimum atomic E-state index is -1.86. The third-order valence-corrected chi connectivity index (χ3v) is 2.82. The maximum absolute atomic E-state index is 11.9. The van der Waals surface area contributed by atoms with E-state index in [1.807, 2.05) is 0 Å². The van der Waals surface area contributed by atoms with Gasteiger partial charge in [-0.15, -0.1) is 0 Å². The molecule has 1 heterocycles. The zero-order chi connectivity index (χ0) is 3.91. The summed E-state index contributed by atoms with van der Waals surface area (Å²) in [5.41, 5.74) is 0. The molecule has 0 atom stereocenters. The molecule has 32 valence electrons. The summed E-state index contributed by atoms with van der Waals surface area (Å²) in [5.74, 6) is 0. The Morgan fingerprint density at radius 3 is 1.80 bits per heavy atom. The van der Waals surface area contributed by atoms with Crippen LogP contribution in [0.2, 0.25) is 0 Å². The fourth-order valence-corrected chi connectivity index (χ4v) is 1.55. The first-order valence-electron chi connectivity index (χ1n) is 1.90. The van der Waals surface area contributed by atoms with E-state index in [-0.39, 0.29) is 0 Å². The fourth-order valence-electron chi connectivity index (χ4n) is 0.172. The molecule has 1 saturated heterocycles. The topological polar surface area (TPSA) is 0 Å². The summed E-state index contributed by atoms with van der Waals surface area (Å²) < 4.78 is 11.9. The average molecular weight is 94.1 g/mol. The molecular formula is C3H8FP. The van der Waals surface area contributed by atoms with Gasteiger partial charge in [0, 0.05) is 0 Å². The molecule has 1 rings (SSSR count). The van der Waals surface area contributed by atoms with Crippen LogP contribution in [-0.4, -0.2) is 19.0 Å². The molecule has 0 aromatic heterocycles. The molecule has 0 saturated carbocycles. The van der Waals surface area contributed by atoms with Crippen molar-refractivity contribution in [1.29, 1.82) is 0 Å². The Morgan fingerprint density at radius 1 is 1.60 bits per heavy atom. The van der Waals surface area contributed by atoms with Gasteiger partial charge in [-0.1, -0.05) is 0 Å². The Kier molecular flexibility index (Phi) is 0.500. The third kappa shape index (κ3) is 0.845. The monoisotopic (exact) mass is 94.0 g/mol. The van der Waals surface area contributed by atoms with Crippen LogP contribution in [0.25, 0.3) is 0 Å². The van der Waals surface area contributed by atoms with E-state index < -0.39 is 7.57 Å². The van der Waals surface area contributed by atoms with Crippen LogP contribution in [0.15, 0.2) is 0 Å². The van der Waals surface area contributed by atoms with E-state index in [0.29, 0.717) is 0 Å². The Balaban J connectivity index is 2.38. The van der Waals surface area contributed by atoms with Crippen LogP contribution in [0.3, 0.4) is 0 Å². The van der Waals surface area contributed by atoms with E-state index in [4.69, 9.17) is 0 Å². The van der Waals surface area contributed by atoms with Gasteiger partial charge in [-0.05, 0) is 0 Å². The molecule has 0 aromatic rings. The molecule has 1 aliphatic heterocycles. The molecule has 0 spiro atoms. The van der Waals surface area contributed by atoms with Gasteiger partial charge in [-0.3, -0.25) is 0 Å². The summed E-state index contributed by atoms with van der Waals surface area (Å²) in [6, 6.07) is 0. The van der Waals surface area contributed by atoms with Gasteiger partial charge in [0.1, 0.15) is 0 Å². The number of hydrogen-bond donors (Lipinski definition) is 0. The molecule has 0 radical (unpaired) electrons. The predicted octanol–water partition coefficient (Wildman–Crippen LogP) is 1.26. The zero-order valence-corrected chi connectivity index (χ0v) is 4.29. The Labute approximate surface area is 31.8 Å². The Bertz CT molecular complexity index is 44.9. The van der Waals surface area contributed by atoms with Gasteiger partial charge >= 0.3 is 30.8 Å². The van der Waals surface area contributed by atoms with Crippen molar-refractivity contribution in [1.82, 2.24) is 0 Å². The molecule has 0 nitrogen and oxygen atoms in total. The van der Waals surface area contributed by atoms with Crippen LogP contribution in [-0.2, 0) is 0 Å². The van der Waals surface area contributed by atoms with Crippen LogP contribution in [0, 0.1) is 0 Å². The standard InChI is InChI=1S/C3H8FP/c1-5(4)2-3-5/h5H,2-3H2,1H3. The molecule has 5 heavy (non-hydrogen) atoms. The van der Waals surface area contributed by atoms with Gasteiger partial charge in [0.15, 0.2) is 0 Å². The fraction of sp³-hybridized carbons (Fsp3) is 1.00. The number of halogens is 1. The molecule has 0 aliphatic carbocycles. The summed E-state index contributed by atoms with van der Waals surface area (Å²) in [6.45, 7) is 1.77. The summed E-state index contributed by atoms with van der Waals surface area (Å²) >= 11 is 0. The number of hydrogen-bond acceptors (Lipinski definition) is 0. The summed E-state index contributed by atoms with van der Waals surface area (Å²) in [7, 11) is -1.86. The maximum atomic E-state index is 11.9. The van der Waals surface area contributed by atoms with E-state index >= 15 is 0 Å². The first-order valence-corrected chi connectivity index (χ1v) is 4.69. The van der Waals surface area contributed by atoms with E-state index in [0.717, 1.165) is 12.3 Å². The van der Waals surface area contributed by atoms with E-state index in [9.17, 15) is 4.20 Å². The summed E-state index contributed by atoms with van der Waals surface area (Å²) in [5, 5.41) is 0. The van der Waals surface area contributed by atoms with Gasteiger partial charge in [0.05, 0.1) is 0 Å². The first-order chi connectivity index (χ1) is 2.21. The van der Waals surface area contributed by atoms with Crippen molar-refractivity contribution >= 4 is 7.57 Å². The zero-order valence-electron chi connectivity index (χ0n) is 3.29. The van der Waals surface area contributed by atoms with E-state index in [2.05, 4.69) is 0 Å². The molecule has 0 N–H and O–H groups in total. The SMILES string of the molecule is C[PH]1(F)CC1. The number of rotatable bonds is 0. The molecule has 0 bridgehead atoms. The predicted molar refractivity (Wildman–Crippen MR) is 25.1 cm³/mol. The Morgan fingerprint density at radius 2 is 1.80 bits per heavy atom. The molecular weight excluding hydrogens is 86.0 g/mol. The second-order valence-electron chi connectivity index (χ2n) is 1.91. The van der Waals surface area contributed by atoms with Crippen molar-refractivity contribution in [2.24, 2.45) is 0 Å². The van der Waals surface area contributed by atoms with Gasteiger partial charge < -0.3 is 0 Å². The second kappa shape index (κ2) is 0.704. The van der Waals surface area contributed by atoms with Crippen molar-refractivity contribution in [2.45, 2.75) is 0 Å². The van der Waals surface area contributed by atoms with Crippen molar-refractivity contribution in [3.63, 3.8) is 0 Å². The van der Waals surface area contributed by atoms with Crippen molar-refractivity contribution in [3.05, 3.63) is 0 Å². The molecule has 0 aromatic carbocycles. The van der Waals surface area contributed by atoms with Crippen LogP contribution < -0.4 is 0 Å². The normalized spacial score (nSPS) is 36.4. The van der Waals surface area contributed by atoms with Crippen LogP contribution in [0.1, 0.15) is 0 Å². The Hall–Kier alpha value is 0.360. The van der Waals surface area contributed by atoms with Crippen LogP contribution in [0.5, 0.6) is 0 Å². The van der Waals surface area contributed by atoms with Crippen molar-refractivity contribution in [2.75, 3.05) is 19.0 Å².